The molecule has 1 saturated heterocycles. The first-order chi connectivity index (χ1) is 19.3. The molecule has 0 saturated carbocycles. The second kappa shape index (κ2) is 13.2. The van der Waals surface area contributed by atoms with Crippen LogP contribution in [0.5, 0.6) is 11.5 Å². The number of hydrogen-bond donors (Lipinski definition) is 2. The van der Waals surface area contributed by atoms with Crippen molar-refractivity contribution in [2.75, 3.05) is 48.6 Å². The number of rotatable bonds is 11. The normalized spacial score (nSPS) is 13.3. The largest absolute Gasteiger partial charge is 0.490 e. The Hall–Kier alpha value is -4.70. The van der Waals surface area contributed by atoms with Gasteiger partial charge in [-0.05, 0) is 48.4 Å². The highest BCUT2D eigenvalue weighted by Gasteiger charge is 2.17. The third-order valence-corrected chi connectivity index (χ3v) is 5.83. The zero-order valence-electron chi connectivity index (χ0n) is 21.8. The quantitative estimate of drug-likeness (QED) is 0.209. The van der Waals surface area contributed by atoms with E-state index in [1.54, 1.807) is 6.21 Å². The number of benzene rings is 3. The summed E-state index contributed by atoms with van der Waals surface area (Å²) in [5.74, 6) is 2.64. The lowest BCUT2D eigenvalue weighted by Gasteiger charge is -2.27. The number of morpholine rings is 1. The van der Waals surface area contributed by atoms with Gasteiger partial charge in [-0.2, -0.15) is 20.1 Å². The number of nitrogens with one attached hydrogen (secondary N) is 2. The molecule has 200 valence electrons. The van der Waals surface area contributed by atoms with Gasteiger partial charge in [-0.1, -0.05) is 48.5 Å². The molecule has 1 fully saturated rings. The van der Waals surface area contributed by atoms with Crippen LogP contribution in [0.15, 0.2) is 84.0 Å². The molecule has 5 rings (SSSR count). The number of hydrogen-bond acceptors (Lipinski definition) is 10. The van der Waals surface area contributed by atoms with Crippen LogP contribution in [0.4, 0.5) is 23.5 Å². The van der Waals surface area contributed by atoms with Crippen LogP contribution in [0, 0.1) is 0 Å². The molecule has 10 heteroatoms. The molecule has 39 heavy (non-hydrogen) atoms. The Morgan fingerprint density at radius 1 is 0.872 bits per heavy atom. The SMILES string of the molecule is CCOc1cc(/C=N/Nc2nc(Nc3ccccc3)nc(N3CCOCC3)n2)ccc1OCc1ccccc1. The van der Waals surface area contributed by atoms with E-state index < -0.39 is 0 Å². The van der Waals surface area contributed by atoms with Crippen LogP contribution < -0.4 is 25.1 Å². The van der Waals surface area contributed by atoms with E-state index in [0.717, 1.165) is 16.8 Å². The molecular formula is C29H31N7O3. The van der Waals surface area contributed by atoms with E-state index in [-0.39, 0.29) is 0 Å². The molecule has 0 aliphatic carbocycles. The minimum Gasteiger partial charge on any atom is -0.490 e. The van der Waals surface area contributed by atoms with Crippen molar-refractivity contribution in [2.24, 2.45) is 5.10 Å². The second-order valence-electron chi connectivity index (χ2n) is 8.66. The molecular weight excluding hydrogens is 494 g/mol. The molecule has 1 aromatic heterocycles. The highest BCUT2D eigenvalue weighted by atomic mass is 16.5. The number of nitrogens with zero attached hydrogens (tertiary/aromatic N) is 5. The summed E-state index contributed by atoms with van der Waals surface area (Å²) in [6, 6.07) is 25.5. The maximum atomic E-state index is 6.00. The lowest BCUT2D eigenvalue weighted by Crippen LogP contribution is -2.37. The lowest BCUT2D eigenvalue weighted by atomic mass is 10.2. The van der Waals surface area contributed by atoms with Crippen LogP contribution in [-0.4, -0.2) is 54.1 Å². The first-order valence-electron chi connectivity index (χ1n) is 12.9. The van der Waals surface area contributed by atoms with E-state index in [4.69, 9.17) is 14.2 Å². The molecule has 2 N–H and O–H groups in total. The molecule has 0 amide bonds. The van der Waals surface area contributed by atoms with Crippen molar-refractivity contribution in [3.63, 3.8) is 0 Å². The fourth-order valence-electron chi connectivity index (χ4n) is 3.92. The maximum absolute atomic E-state index is 6.00. The fraction of sp³-hybridized carbons (Fsp3) is 0.241. The van der Waals surface area contributed by atoms with E-state index in [2.05, 4.69) is 35.7 Å². The smallest absolute Gasteiger partial charge is 0.250 e. The maximum Gasteiger partial charge on any atom is 0.250 e. The average Bonchev–Trinajstić information content (AvgIpc) is 2.98. The molecule has 0 atom stereocenters. The van der Waals surface area contributed by atoms with E-state index in [1.165, 1.54) is 0 Å². The van der Waals surface area contributed by atoms with E-state index >= 15 is 0 Å². The summed E-state index contributed by atoms with van der Waals surface area (Å²) < 4.78 is 17.3. The molecule has 0 spiro atoms. The lowest BCUT2D eigenvalue weighted by molar-refractivity contribution is 0.122. The van der Waals surface area contributed by atoms with Crippen LogP contribution >= 0.6 is 0 Å². The van der Waals surface area contributed by atoms with Crippen molar-refractivity contribution < 1.29 is 14.2 Å². The molecule has 4 aromatic rings. The third-order valence-electron chi connectivity index (χ3n) is 5.83. The van der Waals surface area contributed by atoms with Crippen molar-refractivity contribution in [3.05, 3.63) is 90.0 Å². The van der Waals surface area contributed by atoms with Crippen molar-refractivity contribution in [3.8, 4) is 11.5 Å². The summed E-state index contributed by atoms with van der Waals surface area (Å²) in [6.45, 7) is 5.58. The summed E-state index contributed by atoms with van der Waals surface area (Å²) >= 11 is 0. The van der Waals surface area contributed by atoms with Crippen LogP contribution in [0.1, 0.15) is 18.1 Å². The van der Waals surface area contributed by atoms with E-state index in [0.29, 0.717) is 68.9 Å². The molecule has 0 radical (unpaired) electrons. The first-order valence-corrected chi connectivity index (χ1v) is 12.9. The van der Waals surface area contributed by atoms with Gasteiger partial charge in [0.2, 0.25) is 17.8 Å². The summed E-state index contributed by atoms with van der Waals surface area (Å²) in [5, 5.41) is 7.62. The number of ether oxygens (including phenoxy) is 3. The molecule has 10 nitrogen and oxygen atoms in total. The number of aromatic nitrogens is 3. The topological polar surface area (TPSA) is 106 Å². The van der Waals surface area contributed by atoms with Crippen molar-refractivity contribution >= 4 is 29.7 Å². The predicted molar refractivity (Wildman–Crippen MR) is 152 cm³/mol. The van der Waals surface area contributed by atoms with Gasteiger partial charge in [0, 0.05) is 18.8 Å². The van der Waals surface area contributed by atoms with Crippen molar-refractivity contribution in [1.82, 2.24) is 15.0 Å². The van der Waals surface area contributed by atoms with Crippen molar-refractivity contribution in [2.45, 2.75) is 13.5 Å². The summed E-state index contributed by atoms with van der Waals surface area (Å²) in [6.07, 6.45) is 1.69. The minimum absolute atomic E-state index is 0.328. The Labute approximate surface area is 227 Å². The fourth-order valence-corrected chi connectivity index (χ4v) is 3.92. The summed E-state index contributed by atoms with van der Waals surface area (Å²) in [4.78, 5) is 15.8. The second-order valence-corrected chi connectivity index (χ2v) is 8.66. The number of para-hydroxylation sites is 1. The Morgan fingerprint density at radius 2 is 1.62 bits per heavy atom. The van der Waals surface area contributed by atoms with Crippen LogP contribution in [0.25, 0.3) is 0 Å². The van der Waals surface area contributed by atoms with Crippen LogP contribution in [0.2, 0.25) is 0 Å². The molecule has 2 heterocycles. The van der Waals surface area contributed by atoms with Gasteiger partial charge in [0.05, 0.1) is 26.0 Å². The van der Waals surface area contributed by atoms with Crippen LogP contribution in [0.3, 0.4) is 0 Å². The van der Waals surface area contributed by atoms with Gasteiger partial charge in [-0.15, -0.1) is 0 Å². The van der Waals surface area contributed by atoms with Crippen molar-refractivity contribution in [1.29, 1.82) is 0 Å². The van der Waals surface area contributed by atoms with Gasteiger partial charge in [-0.3, -0.25) is 0 Å². The van der Waals surface area contributed by atoms with Gasteiger partial charge in [0.15, 0.2) is 11.5 Å². The zero-order chi connectivity index (χ0) is 26.7. The Morgan fingerprint density at radius 3 is 2.38 bits per heavy atom. The average molecular weight is 526 g/mol. The van der Waals surface area contributed by atoms with Gasteiger partial charge < -0.3 is 24.4 Å². The minimum atomic E-state index is 0.328. The van der Waals surface area contributed by atoms with Crippen LogP contribution in [-0.2, 0) is 11.3 Å². The number of hydrazone groups is 1. The summed E-state index contributed by atoms with van der Waals surface area (Å²) in [5.41, 5.74) is 5.75. The van der Waals surface area contributed by atoms with E-state index in [1.807, 2.05) is 85.8 Å². The highest BCUT2D eigenvalue weighted by molar-refractivity contribution is 5.81. The van der Waals surface area contributed by atoms with Gasteiger partial charge >= 0.3 is 0 Å². The summed E-state index contributed by atoms with van der Waals surface area (Å²) in [7, 11) is 0. The standard InChI is InChI=1S/C29H31N7O3/c1-2-38-26-19-23(13-14-25(26)39-21-22-9-5-3-6-10-22)20-30-35-28-32-27(31-24-11-7-4-8-12-24)33-29(34-28)36-15-17-37-18-16-36/h3-14,19-20H,2,15-18,21H2,1H3,(H2,31,32,33,34,35)/b30-20+. The van der Waals surface area contributed by atoms with E-state index in [9.17, 15) is 0 Å². The Kier molecular flexibility index (Phi) is 8.78. The number of anilines is 4. The molecule has 0 bridgehead atoms. The predicted octanol–water partition coefficient (Wildman–Crippen LogP) is 4.88. The molecule has 0 unspecified atom stereocenters. The highest BCUT2D eigenvalue weighted by Crippen LogP contribution is 2.29. The Bertz CT molecular complexity index is 1360. The molecule has 3 aromatic carbocycles. The zero-order valence-corrected chi connectivity index (χ0v) is 21.8. The monoisotopic (exact) mass is 525 g/mol. The van der Waals surface area contributed by atoms with Gasteiger partial charge in [-0.25, -0.2) is 5.43 Å². The van der Waals surface area contributed by atoms with Gasteiger partial charge in [0.25, 0.3) is 0 Å². The molecule has 1 aliphatic heterocycles. The first kappa shape index (κ1) is 25.9. The molecule has 1 aliphatic rings. The van der Waals surface area contributed by atoms with Gasteiger partial charge in [0.1, 0.15) is 6.61 Å². The third kappa shape index (κ3) is 7.42. The Balaban J connectivity index is 1.30.